The Morgan fingerprint density at radius 1 is 1.43 bits per heavy atom. The fourth-order valence-electron chi connectivity index (χ4n) is 1.57. The van der Waals surface area contributed by atoms with Crippen molar-refractivity contribution in [2.24, 2.45) is 0 Å². The summed E-state index contributed by atoms with van der Waals surface area (Å²) in [4.78, 5) is 9.16. The molecule has 1 rings (SSSR count). The molecular formula is C10H11ClF2N2O5S. The van der Waals surface area contributed by atoms with Gasteiger partial charge >= 0.3 is 0 Å². The zero-order valence-corrected chi connectivity index (χ0v) is 12.0. The van der Waals surface area contributed by atoms with Gasteiger partial charge in [-0.25, -0.2) is 17.2 Å². The molecule has 0 bridgehead atoms. The second kappa shape index (κ2) is 7.07. The predicted molar refractivity (Wildman–Crippen MR) is 70.0 cm³/mol. The normalized spacial score (nSPS) is 12.1. The van der Waals surface area contributed by atoms with Crippen LogP contribution < -0.4 is 0 Å². The molecule has 1 aromatic carbocycles. The average Bonchev–Trinajstić information content (AvgIpc) is 2.37. The largest absolute Gasteiger partial charge is 0.395 e. The van der Waals surface area contributed by atoms with Gasteiger partial charge in [-0.15, -0.1) is 0 Å². The van der Waals surface area contributed by atoms with E-state index in [-0.39, 0.29) is 9.33 Å². The van der Waals surface area contributed by atoms with Gasteiger partial charge < -0.3 is 5.11 Å². The van der Waals surface area contributed by atoms with Gasteiger partial charge in [0.15, 0.2) is 4.90 Å². The van der Waals surface area contributed by atoms with Gasteiger partial charge in [-0.05, 0) is 12.1 Å². The molecule has 0 saturated carbocycles. The molecule has 21 heavy (non-hydrogen) atoms. The molecule has 0 aliphatic carbocycles. The molecule has 0 aliphatic rings. The van der Waals surface area contributed by atoms with Gasteiger partial charge in [0, 0.05) is 17.6 Å². The molecule has 1 aromatic rings. The van der Waals surface area contributed by atoms with E-state index in [1.165, 1.54) is 0 Å². The lowest BCUT2D eigenvalue weighted by Crippen LogP contribution is -2.37. The highest BCUT2D eigenvalue weighted by Crippen LogP contribution is 2.29. The smallest absolute Gasteiger partial charge is 0.290 e. The third-order valence-corrected chi connectivity index (χ3v) is 4.57. The first-order valence-electron chi connectivity index (χ1n) is 5.53. The molecule has 0 radical (unpaired) electrons. The Morgan fingerprint density at radius 2 is 2.05 bits per heavy atom. The van der Waals surface area contributed by atoms with Crippen LogP contribution in [-0.2, 0) is 10.0 Å². The van der Waals surface area contributed by atoms with Crippen molar-refractivity contribution in [3.63, 3.8) is 0 Å². The molecule has 7 nitrogen and oxygen atoms in total. The Hall–Kier alpha value is -1.36. The number of rotatable bonds is 7. The Balaban J connectivity index is 3.37. The number of halogens is 3. The molecule has 0 aliphatic heterocycles. The summed E-state index contributed by atoms with van der Waals surface area (Å²) in [5, 5.41) is 19.6. The third kappa shape index (κ3) is 4.30. The van der Waals surface area contributed by atoms with Crippen LogP contribution >= 0.6 is 11.6 Å². The van der Waals surface area contributed by atoms with E-state index in [0.29, 0.717) is 0 Å². The van der Waals surface area contributed by atoms with E-state index in [0.717, 1.165) is 18.2 Å². The highest BCUT2D eigenvalue weighted by Gasteiger charge is 2.33. The Bertz CT molecular complexity index is 626. The highest BCUT2D eigenvalue weighted by atomic mass is 35.5. The van der Waals surface area contributed by atoms with E-state index in [1.54, 1.807) is 0 Å². The maximum Gasteiger partial charge on any atom is 0.290 e. The fourth-order valence-corrected chi connectivity index (χ4v) is 3.28. The van der Waals surface area contributed by atoms with Gasteiger partial charge in [0.25, 0.3) is 12.1 Å². The zero-order chi connectivity index (χ0) is 16.2. The lowest BCUT2D eigenvalue weighted by molar-refractivity contribution is -0.387. The molecule has 1 N–H and O–H groups in total. The maximum atomic E-state index is 12.4. The number of hydrogen-bond donors (Lipinski definition) is 1. The summed E-state index contributed by atoms with van der Waals surface area (Å²) in [6.07, 6.45) is -2.99. The van der Waals surface area contributed by atoms with Crippen LogP contribution in [0.2, 0.25) is 5.02 Å². The SMILES string of the molecule is O=[N+]([O-])c1cc(Cl)ccc1S(=O)(=O)N(CCO)CC(F)F. The second-order valence-electron chi connectivity index (χ2n) is 3.85. The van der Waals surface area contributed by atoms with Crippen LogP contribution in [0.15, 0.2) is 23.1 Å². The summed E-state index contributed by atoms with van der Waals surface area (Å²) in [5.41, 5.74) is -0.820. The predicted octanol–water partition coefficient (Wildman–Crippen LogP) is 1.50. The van der Waals surface area contributed by atoms with Crippen LogP contribution in [0.5, 0.6) is 0 Å². The number of nitrogens with zero attached hydrogens (tertiary/aromatic N) is 2. The molecule has 0 heterocycles. The van der Waals surface area contributed by atoms with Crippen molar-refractivity contribution in [3.05, 3.63) is 33.3 Å². The summed E-state index contributed by atoms with van der Waals surface area (Å²) < 4.78 is 49.6. The standard InChI is InChI=1S/C10H11ClF2N2O5S/c11-7-1-2-9(8(5-7)15(17)18)21(19,20)14(3-4-16)6-10(12)13/h1-2,5,10,16H,3-4,6H2. The minimum Gasteiger partial charge on any atom is -0.395 e. The summed E-state index contributed by atoms with van der Waals surface area (Å²) in [5.74, 6) is 0. The molecular weight excluding hydrogens is 334 g/mol. The van der Waals surface area contributed by atoms with Crippen LogP contribution in [0.25, 0.3) is 0 Å². The second-order valence-corrected chi connectivity index (χ2v) is 6.19. The van der Waals surface area contributed by atoms with Crippen LogP contribution in [0.1, 0.15) is 0 Å². The van der Waals surface area contributed by atoms with Gasteiger partial charge in [-0.3, -0.25) is 10.1 Å². The van der Waals surface area contributed by atoms with Gasteiger partial charge in [0.2, 0.25) is 10.0 Å². The highest BCUT2D eigenvalue weighted by molar-refractivity contribution is 7.89. The monoisotopic (exact) mass is 344 g/mol. The van der Waals surface area contributed by atoms with E-state index in [4.69, 9.17) is 16.7 Å². The van der Waals surface area contributed by atoms with Crippen molar-refractivity contribution in [3.8, 4) is 0 Å². The number of hydrogen-bond acceptors (Lipinski definition) is 5. The van der Waals surface area contributed by atoms with Crippen molar-refractivity contribution < 1.29 is 27.2 Å². The van der Waals surface area contributed by atoms with E-state index in [2.05, 4.69) is 0 Å². The van der Waals surface area contributed by atoms with Gasteiger partial charge in [-0.1, -0.05) is 11.6 Å². The van der Waals surface area contributed by atoms with Crippen LogP contribution in [0, 0.1) is 10.1 Å². The summed E-state index contributed by atoms with van der Waals surface area (Å²) in [6.45, 7) is -2.48. The van der Waals surface area contributed by atoms with E-state index < -0.39 is 51.7 Å². The Labute approximate surface area is 123 Å². The molecule has 0 atom stereocenters. The Kier molecular flexibility index (Phi) is 5.96. The van der Waals surface area contributed by atoms with Crippen LogP contribution in [-0.4, -0.2) is 48.9 Å². The molecule has 0 aromatic heterocycles. The van der Waals surface area contributed by atoms with E-state index in [1.807, 2.05) is 0 Å². The van der Waals surface area contributed by atoms with Gasteiger partial charge in [0.05, 0.1) is 18.1 Å². The van der Waals surface area contributed by atoms with E-state index >= 15 is 0 Å². The van der Waals surface area contributed by atoms with Gasteiger partial charge in [-0.2, -0.15) is 4.31 Å². The number of nitro groups is 1. The molecule has 0 fully saturated rings. The minimum atomic E-state index is -4.56. The number of aliphatic hydroxyl groups excluding tert-OH is 1. The first-order chi connectivity index (χ1) is 9.70. The first kappa shape index (κ1) is 17.7. The quantitative estimate of drug-likeness (QED) is 0.596. The maximum absolute atomic E-state index is 12.4. The van der Waals surface area contributed by atoms with Crippen LogP contribution in [0.3, 0.4) is 0 Å². The summed E-state index contributed by atoms with van der Waals surface area (Å²) >= 11 is 5.56. The molecule has 0 unspecified atom stereocenters. The average molecular weight is 345 g/mol. The first-order valence-corrected chi connectivity index (χ1v) is 7.35. The van der Waals surface area contributed by atoms with Crippen molar-refractivity contribution in [1.82, 2.24) is 4.31 Å². The number of alkyl halides is 2. The number of sulfonamides is 1. The van der Waals surface area contributed by atoms with Crippen molar-refractivity contribution in [2.45, 2.75) is 11.3 Å². The van der Waals surface area contributed by atoms with Crippen molar-refractivity contribution in [1.29, 1.82) is 0 Å². The fraction of sp³-hybridized carbons (Fsp3) is 0.400. The van der Waals surface area contributed by atoms with Crippen molar-refractivity contribution >= 4 is 27.3 Å². The molecule has 11 heteroatoms. The third-order valence-electron chi connectivity index (χ3n) is 2.43. The minimum absolute atomic E-state index is 0.0665. The molecule has 0 amide bonds. The van der Waals surface area contributed by atoms with Crippen LogP contribution in [0.4, 0.5) is 14.5 Å². The zero-order valence-electron chi connectivity index (χ0n) is 10.4. The number of benzene rings is 1. The number of nitro benzene ring substituents is 1. The lowest BCUT2D eigenvalue weighted by atomic mass is 10.3. The number of aliphatic hydroxyl groups is 1. The summed E-state index contributed by atoms with van der Waals surface area (Å²) in [7, 11) is -4.56. The molecule has 0 saturated heterocycles. The van der Waals surface area contributed by atoms with Gasteiger partial charge in [0.1, 0.15) is 0 Å². The van der Waals surface area contributed by atoms with E-state index in [9.17, 15) is 27.3 Å². The Morgan fingerprint density at radius 3 is 2.52 bits per heavy atom. The molecule has 0 spiro atoms. The topological polar surface area (TPSA) is 101 Å². The summed E-state index contributed by atoms with van der Waals surface area (Å²) in [6, 6.07) is 2.78. The lowest BCUT2D eigenvalue weighted by Gasteiger charge is -2.20. The van der Waals surface area contributed by atoms with Crippen molar-refractivity contribution in [2.75, 3.05) is 19.7 Å². The molecule has 118 valence electrons.